The number of amidine groups is 1. The molecule has 3 N–H and O–H groups in total. The lowest BCUT2D eigenvalue weighted by atomic mass is 10.0. The number of nitrogens with zero attached hydrogens (tertiary/aromatic N) is 3. The maximum atomic E-state index is 12.4. The molecule has 0 aliphatic heterocycles. The first-order valence-electron chi connectivity index (χ1n) is 11.3. The van der Waals surface area contributed by atoms with E-state index >= 15 is 0 Å². The molecule has 36 heavy (non-hydrogen) atoms. The molecule has 0 saturated carbocycles. The lowest BCUT2D eigenvalue weighted by Gasteiger charge is -2.14. The van der Waals surface area contributed by atoms with Crippen molar-refractivity contribution in [3.8, 4) is 0 Å². The van der Waals surface area contributed by atoms with Gasteiger partial charge in [0.1, 0.15) is 0 Å². The summed E-state index contributed by atoms with van der Waals surface area (Å²) in [7, 11) is 3.46. The van der Waals surface area contributed by atoms with E-state index in [0.717, 1.165) is 24.0 Å². The minimum absolute atomic E-state index is 0.210. The molecule has 0 aliphatic rings. The molecule has 0 spiro atoms. The predicted molar refractivity (Wildman–Crippen MR) is 153 cm³/mol. The molecule has 0 radical (unpaired) electrons. The van der Waals surface area contributed by atoms with Crippen molar-refractivity contribution in [1.29, 1.82) is 0 Å². The van der Waals surface area contributed by atoms with Crippen LogP contribution in [0.2, 0.25) is 0 Å². The number of hydrogen-bond donors (Lipinski definition) is 3. The van der Waals surface area contributed by atoms with Gasteiger partial charge in [-0.2, -0.15) is 0 Å². The zero-order valence-electron chi connectivity index (χ0n) is 21.5. The second-order valence-corrected chi connectivity index (χ2v) is 8.28. The SMILES string of the molecule is C=C/C(=C\N(C)NC)C(=O)NCC(=O)NC(=NC(=C)c1cccc(CCC(/C=C\N=C)=C/C)c1)SC. The largest absolute Gasteiger partial charge is 0.343 e. The third-order valence-corrected chi connectivity index (χ3v) is 5.56. The van der Waals surface area contributed by atoms with Gasteiger partial charge in [0.25, 0.3) is 5.91 Å². The van der Waals surface area contributed by atoms with Gasteiger partial charge in [-0.05, 0) is 56.0 Å². The summed E-state index contributed by atoms with van der Waals surface area (Å²) in [6.07, 6.45) is 12.2. The molecule has 0 fully saturated rings. The van der Waals surface area contributed by atoms with Crippen molar-refractivity contribution in [3.05, 3.63) is 90.3 Å². The van der Waals surface area contributed by atoms with Crippen molar-refractivity contribution < 1.29 is 9.59 Å². The van der Waals surface area contributed by atoms with E-state index in [0.29, 0.717) is 16.4 Å². The van der Waals surface area contributed by atoms with Crippen molar-refractivity contribution in [2.24, 2.45) is 9.98 Å². The number of benzene rings is 1. The van der Waals surface area contributed by atoms with Gasteiger partial charge in [-0.15, -0.1) is 0 Å². The van der Waals surface area contributed by atoms with E-state index in [1.165, 1.54) is 23.4 Å². The highest BCUT2D eigenvalue weighted by atomic mass is 32.2. The van der Waals surface area contributed by atoms with Crippen LogP contribution in [0.3, 0.4) is 0 Å². The average molecular weight is 509 g/mol. The normalized spacial score (nSPS) is 12.3. The number of carbonyl (C=O) groups excluding carboxylic acids is 2. The fraction of sp³-hybridized carbons (Fsp3) is 0.259. The average Bonchev–Trinajstić information content (AvgIpc) is 2.89. The van der Waals surface area contributed by atoms with Crippen LogP contribution in [-0.4, -0.2) is 55.6 Å². The summed E-state index contributed by atoms with van der Waals surface area (Å²) in [6, 6.07) is 7.99. The van der Waals surface area contributed by atoms with Crippen molar-refractivity contribution in [3.63, 3.8) is 0 Å². The molecule has 0 bridgehead atoms. The number of aliphatic imine (C=N–C) groups is 2. The molecule has 9 heteroatoms. The molecular weight excluding hydrogens is 472 g/mol. The highest BCUT2D eigenvalue weighted by molar-refractivity contribution is 8.13. The first kappa shape index (κ1) is 30.3. The Morgan fingerprint density at radius 2 is 2.03 bits per heavy atom. The lowest BCUT2D eigenvalue weighted by molar-refractivity contribution is -0.123. The van der Waals surface area contributed by atoms with Crippen LogP contribution in [-0.2, 0) is 16.0 Å². The zero-order chi connectivity index (χ0) is 26.9. The number of amides is 2. The second-order valence-electron chi connectivity index (χ2n) is 7.48. The van der Waals surface area contributed by atoms with Gasteiger partial charge in [0.15, 0.2) is 5.17 Å². The molecule has 2 amide bonds. The van der Waals surface area contributed by atoms with Crippen LogP contribution in [0.25, 0.3) is 5.70 Å². The number of rotatable bonds is 13. The first-order chi connectivity index (χ1) is 17.3. The second kappa shape index (κ2) is 16.9. The molecular formula is C27H36N6O2S. The van der Waals surface area contributed by atoms with E-state index < -0.39 is 11.8 Å². The Balaban J connectivity index is 2.78. The van der Waals surface area contributed by atoms with Crippen LogP contribution in [0, 0.1) is 0 Å². The molecule has 0 heterocycles. The Bertz CT molecular complexity index is 1070. The number of hydrazine groups is 1. The first-order valence-corrected chi connectivity index (χ1v) is 12.5. The Morgan fingerprint density at radius 1 is 1.28 bits per heavy atom. The Morgan fingerprint density at radius 3 is 2.64 bits per heavy atom. The Hall–Kier alpha value is -3.69. The molecule has 0 aliphatic carbocycles. The third-order valence-electron chi connectivity index (χ3n) is 4.98. The Labute approximate surface area is 218 Å². The van der Waals surface area contributed by atoms with Gasteiger partial charge in [-0.25, -0.2) is 10.4 Å². The summed E-state index contributed by atoms with van der Waals surface area (Å²) in [5.74, 6) is -0.812. The van der Waals surface area contributed by atoms with E-state index in [4.69, 9.17) is 0 Å². The smallest absolute Gasteiger partial charge is 0.253 e. The van der Waals surface area contributed by atoms with Crippen LogP contribution in [0.15, 0.2) is 89.2 Å². The highest BCUT2D eigenvalue weighted by Crippen LogP contribution is 2.19. The van der Waals surface area contributed by atoms with Crippen LogP contribution in [0.4, 0.5) is 0 Å². The summed E-state index contributed by atoms with van der Waals surface area (Å²) in [5, 5.41) is 7.28. The van der Waals surface area contributed by atoms with Gasteiger partial charge in [0.2, 0.25) is 5.91 Å². The van der Waals surface area contributed by atoms with Gasteiger partial charge in [0.05, 0.1) is 17.8 Å². The summed E-state index contributed by atoms with van der Waals surface area (Å²) >= 11 is 1.28. The summed E-state index contributed by atoms with van der Waals surface area (Å²) in [6.45, 7) is 12.9. The number of thioether (sulfide) groups is 1. The lowest BCUT2D eigenvalue weighted by Crippen LogP contribution is -2.39. The van der Waals surface area contributed by atoms with Crippen molar-refractivity contribution in [2.45, 2.75) is 19.8 Å². The molecule has 1 rings (SSSR count). The number of aryl methyl sites for hydroxylation is 1. The fourth-order valence-electron chi connectivity index (χ4n) is 2.88. The molecule has 1 aromatic rings. The quantitative estimate of drug-likeness (QED) is 0.124. The van der Waals surface area contributed by atoms with Crippen LogP contribution >= 0.6 is 11.8 Å². The van der Waals surface area contributed by atoms with Crippen LogP contribution in [0.1, 0.15) is 24.5 Å². The molecule has 0 atom stereocenters. The van der Waals surface area contributed by atoms with Crippen LogP contribution < -0.4 is 16.1 Å². The number of carbonyl (C=O) groups is 2. The van der Waals surface area contributed by atoms with E-state index in [2.05, 4.69) is 58.1 Å². The standard InChI is InChI=1S/C27H36N6O2S/c1-8-21(15-16-28-4)13-14-22-11-10-12-24(17-22)20(3)31-27(36-7)32-25(34)18-30-26(35)23(9-2)19-33(6)29-5/h8-12,15-17,19,29H,2-4,13-14,18H2,1,5-7H3,(H,30,35)(H,31,32,34)/b16-15-,21-8-,23-19+. The fourth-order valence-corrected chi connectivity index (χ4v) is 3.30. The summed E-state index contributed by atoms with van der Waals surface area (Å²) < 4.78 is 0. The molecule has 0 unspecified atom stereocenters. The van der Waals surface area contributed by atoms with Crippen molar-refractivity contribution >= 4 is 41.2 Å². The zero-order valence-corrected chi connectivity index (χ0v) is 22.3. The van der Waals surface area contributed by atoms with E-state index in [-0.39, 0.29) is 6.54 Å². The number of hydrogen-bond acceptors (Lipinski definition) is 7. The topological polar surface area (TPSA) is 98.2 Å². The minimum Gasteiger partial charge on any atom is -0.343 e. The molecule has 192 valence electrons. The van der Waals surface area contributed by atoms with Gasteiger partial charge in [0, 0.05) is 26.5 Å². The monoisotopic (exact) mass is 508 g/mol. The van der Waals surface area contributed by atoms with Crippen molar-refractivity contribution in [1.82, 2.24) is 21.1 Å². The van der Waals surface area contributed by atoms with E-state index in [9.17, 15) is 9.59 Å². The highest BCUT2D eigenvalue weighted by Gasteiger charge is 2.11. The van der Waals surface area contributed by atoms with Gasteiger partial charge < -0.3 is 15.6 Å². The number of nitrogens with one attached hydrogen (secondary N) is 3. The Kier molecular flexibility index (Phi) is 14.2. The molecule has 8 nitrogen and oxygen atoms in total. The maximum Gasteiger partial charge on any atom is 0.253 e. The molecule has 0 aromatic heterocycles. The minimum atomic E-state index is -0.413. The van der Waals surface area contributed by atoms with Gasteiger partial charge in [-0.1, -0.05) is 60.8 Å². The van der Waals surface area contributed by atoms with Crippen molar-refractivity contribution in [2.75, 3.05) is 26.9 Å². The van der Waals surface area contributed by atoms with Crippen LogP contribution in [0.5, 0.6) is 0 Å². The van der Waals surface area contributed by atoms with E-state index in [1.54, 1.807) is 37.8 Å². The summed E-state index contributed by atoms with van der Waals surface area (Å²) in [5.41, 5.74) is 6.89. The van der Waals surface area contributed by atoms with Gasteiger partial charge in [-0.3, -0.25) is 14.6 Å². The maximum absolute atomic E-state index is 12.4. The van der Waals surface area contributed by atoms with Gasteiger partial charge >= 0.3 is 0 Å². The third kappa shape index (κ3) is 11.2. The molecule has 0 saturated heterocycles. The van der Waals surface area contributed by atoms with E-state index in [1.807, 2.05) is 31.2 Å². The predicted octanol–water partition coefficient (Wildman–Crippen LogP) is 3.84. The summed E-state index contributed by atoms with van der Waals surface area (Å²) in [4.78, 5) is 32.9. The molecule has 1 aromatic carbocycles. The number of allylic oxidation sites excluding steroid dienone is 3.